The molecule has 31 heavy (non-hydrogen) atoms. The highest BCUT2D eigenvalue weighted by molar-refractivity contribution is 6.88. The highest BCUT2D eigenvalue weighted by Gasteiger charge is 2.49. The van der Waals surface area contributed by atoms with Crippen molar-refractivity contribution < 1.29 is 9.84 Å². The molecule has 0 radical (unpaired) electrons. The average Bonchev–Trinajstić information content (AvgIpc) is 3.09. The first-order valence-electron chi connectivity index (χ1n) is 10.5. The van der Waals surface area contributed by atoms with Gasteiger partial charge in [-0.15, -0.1) is 0 Å². The zero-order chi connectivity index (χ0) is 22.2. The van der Waals surface area contributed by atoms with Gasteiger partial charge in [0.1, 0.15) is 20.6 Å². The third-order valence-electron chi connectivity index (χ3n) is 6.73. The number of ether oxygens (including phenoxy) is 1. The van der Waals surface area contributed by atoms with Crippen molar-refractivity contribution in [3.63, 3.8) is 0 Å². The molecule has 0 bridgehead atoms. The van der Waals surface area contributed by atoms with E-state index >= 15 is 0 Å². The summed E-state index contributed by atoms with van der Waals surface area (Å²) in [6, 6.07) is 7.34. The Kier molecular flexibility index (Phi) is 6.13. The molecule has 1 spiro atoms. The van der Waals surface area contributed by atoms with E-state index in [1.807, 2.05) is 13.0 Å². The number of piperidine rings is 1. The minimum absolute atomic E-state index is 0.144. The van der Waals surface area contributed by atoms with Crippen LogP contribution in [0.4, 0.5) is 5.82 Å². The second-order valence-electron chi connectivity index (χ2n) is 8.42. The molecule has 2 N–H and O–H groups in total. The third-order valence-corrected chi connectivity index (χ3v) is 10.9. The van der Waals surface area contributed by atoms with Crippen LogP contribution in [-0.4, -0.2) is 55.1 Å². The number of aliphatic hydroxyl groups is 1. The normalized spacial score (nSPS) is 22.5. The lowest BCUT2D eigenvalue weighted by Gasteiger charge is -2.41. The van der Waals surface area contributed by atoms with E-state index in [4.69, 9.17) is 31.7 Å². The van der Waals surface area contributed by atoms with Gasteiger partial charge in [0, 0.05) is 24.4 Å². The Bertz CT molecular complexity index is 1050. The number of nitrogens with zero attached hydrogens (tertiary/aromatic N) is 4. The van der Waals surface area contributed by atoms with Crippen molar-refractivity contribution in [3.05, 3.63) is 40.2 Å². The predicted octanol–water partition coefficient (Wildman–Crippen LogP) is 3.18. The molecule has 1 aromatic heterocycles. The summed E-state index contributed by atoms with van der Waals surface area (Å²) in [5, 5.41) is 27.7. The van der Waals surface area contributed by atoms with E-state index in [0.717, 1.165) is 32.5 Å². The first-order valence-corrected chi connectivity index (χ1v) is 12.8. The van der Waals surface area contributed by atoms with E-state index < -0.39 is 8.80 Å². The van der Waals surface area contributed by atoms with Crippen molar-refractivity contribution in [1.29, 1.82) is 10.7 Å². The van der Waals surface area contributed by atoms with Crippen LogP contribution >= 0.6 is 11.6 Å². The first-order chi connectivity index (χ1) is 14.9. The number of benzene rings is 1. The Hall–Kier alpha value is -2.31. The molecule has 0 aliphatic carbocycles. The summed E-state index contributed by atoms with van der Waals surface area (Å²) < 4.78 is 5.94. The van der Waals surface area contributed by atoms with Gasteiger partial charge in [-0.1, -0.05) is 23.7 Å². The van der Waals surface area contributed by atoms with E-state index in [9.17, 15) is 10.4 Å². The molecule has 0 saturated carbocycles. The summed E-state index contributed by atoms with van der Waals surface area (Å²) in [4.78, 5) is 11.7. The quantitative estimate of drug-likeness (QED) is 0.541. The van der Waals surface area contributed by atoms with Gasteiger partial charge in [-0.3, -0.25) is 0 Å². The summed E-state index contributed by atoms with van der Waals surface area (Å²) >= 11 is 6.42. The fourth-order valence-corrected chi connectivity index (χ4v) is 8.30. The zero-order valence-corrected chi connectivity index (χ0v) is 19.6. The van der Waals surface area contributed by atoms with E-state index in [1.165, 1.54) is 0 Å². The molecular weight excluding hydrogens is 430 g/mol. The van der Waals surface area contributed by atoms with Gasteiger partial charge in [0.25, 0.3) is 0 Å². The monoisotopic (exact) mass is 455 g/mol. The maximum atomic E-state index is 10.0. The Labute approximate surface area is 188 Å². The van der Waals surface area contributed by atoms with Crippen molar-refractivity contribution in [2.45, 2.75) is 44.1 Å². The van der Waals surface area contributed by atoms with Crippen LogP contribution in [-0.2, 0) is 11.3 Å². The lowest BCUT2D eigenvalue weighted by atomic mass is 9.96. The molecule has 1 aromatic carbocycles. The number of aromatic nitrogens is 2. The summed E-state index contributed by atoms with van der Waals surface area (Å²) in [6.45, 7) is 6.10. The molecular formula is C22H26ClN5O2Si. The maximum absolute atomic E-state index is 10.0. The number of nitrogens with one attached hydrogen (secondary N) is 1. The minimum atomic E-state index is -1.42. The summed E-state index contributed by atoms with van der Waals surface area (Å²) in [6.07, 6.45) is 1.93. The van der Waals surface area contributed by atoms with E-state index in [1.54, 1.807) is 18.0 Å². The lowest BCUT2D eigenvalue weighted by Crippen LogP contribution is -2.46. The average molecular weight is 456 g/mol. The van der Waals surface area contributed by atoms with Crippen LogP contribution in [0.25, 0.3) is 11.3 Å². The molecule has 162 valence electrons. The summed E-state index contributed by atoms with van der Waals surface area (Å²) in [5.41, 5.74) is 3.03. The Morgan fingerprint density at radius 3 is 2.81 bits per heavy atom. The van der Waals surface area contributed by atoms with Gasteiger partial charge in [-0.05, 0) is 43.6 Å². The second kappa shape index (κ2) is 8.67. The highest BCUT2D eigenvalue weighted by Crippen LogP contribution is 2.47. The molecule has 4 rings (SSSR count). The second-order valence-corrected chi connectivity index (χ2v) is 12.3. The molecule has 7 nitrogen and oxygen atoms in total. The molecule has 2 fully saturated rings. The van der Waals surface area contributed by atoms with Crippen LogP contribution in [0.2, 0.25) is 10.1 Å². The highest BCUT2D eigenvalue weighted by atomic mass is 35.5. The summed E-state index contributed by atoms with van der Waals surface area (Å²) in [5.74, 6) is 2.39. The van der Waals surface area contributed by atoms with Crippen molar-refractivity contribution >= 4 is 32.1 Å². The molecule has 0 unspecified atom stereocenters. The number of hydrogen-bond acceptors (Lipinski definition) is 7. The van der Waals surface area contributed by atoms with Gasteiger partial charge in [0.2, 0.25) is 0 Å². The van der Waals surface area contributed by atoms with Crippen LogP contribution < -0.4 is 4.90 Å². The standard InChI is InChI=1S/C22H26ClN5O2Si/c1-14-20(17-5-3-4-16(10-24)19(17)23)27-18(11-29)21(26-14)28-8-6-22(7-9-28)12-30-15(2)31(22)13-25/h3-5,13,15,25,29,31H,6-9,11-12H2,1-2H3/t15-,31-/m1/s1. The smallest absolute Gasteiger partial charge is 0.153 e. The van der Waals surface area contributed by atoms with Gasteiger partial charge in [0.15, 0.2) is 5.82 Å². The number of anilines is 1. The molecule has 2 aromatic rings. The zero-order valence-electron chi connectivity index (χ0n) is 17.7. The van der Waals surface area contributed by atoms with Crippen LogP contribution in [0.15, 0.2) is 18.2 Å². The van der Waals surface area contributed by atoms with Crippen LogP contribution in [0, 0.1) is 23.7 Å². The van der Waals surface area contributed by atoms with E-state index in [2.05, 4.69) is 17.9 Å². The van der Waals surface area contributed by atoms with Crippen LogP contribution in [0.1, 0.15) is 36.7 Å². The first kappa shape index (κ1) is 21.9. The fourth-order valence-electron chi connectivity index (χ4n) is 4.91. The minimum Gasteiger partial charge on any atom is -0.390 e. The van der Waals surface area contributed by atoms with Crippen LogP contribution in [0.5, 0.6) is 0 Å². The fraction of sp³-hybridized carbons (Fsp3) is 0.455. The van der Waals surface area contributed by atoms with Crippen molar-refractivity contribution in [2.24, 2.45) is 0 Å². The van der Waals surface area contributed by atoms with Crippen molar-refractivity contribution in [2.75, 3.05) is 24.6 Å². The number of hydrogen-bond donors (Lipinski definition) is 2. The molecule has 2 atom stereocenters. The maximum Gasteiger partial charge on any atom is 0.153 e. The van der Waals surface area contributed by atoms with Crippen LogP contribution in [0.3, 0.4) is 0 Å². The Morgan fingerprint density at radius 1 is 1.42 bits per heavy atom. The van der Waals surface area contributed by atoms with E-state index in [0.29, 0.717) is 39.0 Å². The molecule has 3 heterocycles. The number of aryl methyl sites for hydroxylation is 1. The van der Waals surface area contributed by atoms with Gasteiger partial charge in [-0.25, -0.2) is 9.97 Å². The molecule has 0 amide bonds. The molecule has 2 aliphatic heterocycles. The van der Waals surface area contributed by atoms with Crippen molar-refractivity contribution in [1.82, 2.24) is 9.97 Å². The SMILES string of the molecule is Cc1nc(N2CCC3(CC2)CO[C@@H](C)[Si@H]3C=N)c(CO)nc1-c1cccc(C#N)c1Cl. The molecule has 2 saturated heterocycles. The molecule has 2 aliphatic rings. The molecule has 9 heteroatoms. The predicted molar refractivity (Wildman–Crippen MR) is 123 cm³/mol. The number of rotatable bonds is 4. The van der Waals surface area contributed by atoms with Gasteiger partial charge >= 0.3 is 0 Å². The van der Waals surface area contributed by atoms with E-state index in [-0.39, 0.29) is 17.4 Å². The lowest BCUT2D eigenvalue weighted by molar-refractivity contribution is 0.117. The third kappa shape index (κ3) is 3.76. The number of nitriles is 1. The van der Waals surface area contributed by atoms with Gasteiger partial charge in [-0.2, -0.15) is 5.26 Å². The largest absolute Gasteiger partial charge is 0.390 e. The topological polar surface area (TPSA) is 106 Å². The number of halogens is 1. The Morgan fingerprint density at radius 2 is 2.16 bits per heavy atom. The van der Waals surface area contributed by atoms with Gasteiger partial charge in [0.05, 0.1) is 35.2 Å². The summed E-state index contributed by atoms with van der Waals surface area (Å²) in [7, 11) is -1.42. The number of aliphatic hydroxyl groups excluding tert-OH is 1. The van der Waals surface area contributed by atoms with Crippen molar-refractivity contribution in [3.8, 4) is 17.3 Å². The Balaban J connectivity index is 1.64. The van der Waals surface area contributed by atoms with Gasteiger partial charge < -0.3 is 20.2 Å².